The summed E-state index contributed by atoms with van der Waals surface area (Å²) in [6.45, 7) is 11.2. The Morgan fingerprint density at radius 2 is 1.89 bits per heavy atom. The van der Waals surface area contributed by atoms with Gasteiger partial charge >= 0.3 is 6.09 Å². The van der Waals surface area contributed by atoms with E-state index in [1.54, 1.807) is 45.9 Å². The van der Waals surface area contributed by atoms with Crippen LogP contribution in [-0.4, -0.2) is 58.1 Å². The molecule has 0 spiro atoms. The number of primary amides is 1. The molecule has 10 nitrogen and oxygen atoms in total. The standard InChI is InChI=1S/C27H42N4O6/c1-7-8-14-29-24(34)22(18-11-9-10-16(2)23(18)33)31(20-15-17(20)3)25(35)19(12-13-21(28)32)30-26(36)37-27(4,5)6/h9-11,17,19-20,22,33H,7-8,12-15H2,1-6H3,(H2,28,32)(H,29,34)(H,30,36). The van der Waals surface area contributed by atoms with E-state index in [2.05, 4.69) is 10.6 Å². The fourth-order valence-electron chi connectivity index (χ4n) is 4.15. The number of alkyl carbamates (subject to hydrolysis) is 1. The van der Waals surface area contributed by atoms with E-state index in [-0.39, 0.29) is 30.6 Å². The summed E-state index contributed by atoms with van der Waals surface area (Å²) < 4.78 is 5.34. The number of aryl methyl sites for hydroxylation is 1. The van der Waals surface area contributed by atoms with E-state index in [0.29, 0.717) is 24.1 Å². The molecule has 1 aromatic carbocycles. The summed E-state index contributed by atoms with van der Waals surface area (Å²) in [5.41, 5.74) is 5.40. The van der Waals surface area contributed by atoms with E-state index in [4.69, 9.17) is 10.5 Å². The lowest BCUT2D eigenvalue weighted by molar-refractivity contribution is -0.143. The lowest BCUT2D eigenvalue weighted by Crippen LogP contribution is -2.54. The van der Waals surface area contributed by atoms with Crippen LogP contribution in [0.1, 0.15) is 83.9 Å². The second-order valence-corrected chi connectivity index (χ2v) is 10.8. The van der Waals surface area contributed by atoms with Crippen molar-refractivity contribution in [1.29, 1.82) is 0 Å². The average Bonchev–Trinajstić information content (AvgIpc) is 3.51. The molecule has 4 atom stereocenters. The van der Waals surface area contributed by atoms with Gasteiger partial charge in [-0.2, -0.15) is 0 Å². The Kier molecular flexibility index (Phi) is 10.3. The molecule has 0 radical (unpaired) electrons. The van der Waals surface area contributed by atoms with Crippen LogP contribution in [0.4, 0.5) is 4.79 Å². The molecule has 4 amide bonds. The minimum absolute atomic E-state index is 0.0605. The van der Waals surface area contributed by atoms with Crippen LogP contribution < -0.4 is 16.4 Å². The summed E-state index contributed by atoms with van der Waals surface area (Å²) in [6, 6.07) is 2.49. The van der Waals surface area contributed by atoms with E-state index in [1.165, 1.54) is 4.90 Å². The first-order chi connectivity index (χ1) is 17.3. The summed E-state index contributed by atoms with van der Waals surface area (Å²) in [6.07, 6.45) is 1.26. The number of benzene rings is 1. The fraction of sp³-hybridized carbons (Fsp3) is 0.630. The van der Waals surface area contributed by atoms with Crippen LogP contribution in [0.5, 0.6) is 5.75 Å². The van der Waals surface area contributed by atoms with Gasteiger partial charge in [0.2, 0.25) is 17.7 Å². The van der Waals surface area contributed by atoms with Crippen molar-refractivity contribution in [3.63, 3.8) is 0 Å². The number of ether oxygens (including phenoxy) is 1. The maximum Gasteiger partial charge on any atom is 0.408 e. The molecule has 1 aromatic rings. The van der Waals surface area contributed by atoms with E-state index in [9.17, 15) is 24.3 Å². The van der Waals surface area contributed by atoms with Crippen LogP contribution in [0.2, 0.25) is 0 Å². The number of nitrogens with two attached hydrogens (primary N) is 1. The minimum atomic E-state index is -1.16. The number of rotatable bonds is 12. The number of phenolic OH excluding ortho intramolecular Hbond substituents is 1. The van der Waals surface area contributed by atoms with Gasteiger partial charge in [-0.25, -0.2) is 4.79 Å². The number of nitrogens with zero attached hydrogens (tertiary/aromatic N) is 1. The first kappa shape index (κ1) is 29.9. The number of amides is 4. The lowest BCUT2D eigenvalue weighted by Gasteiger charge is -2.35. The van der Waals surface area contributed by atoms with E-state index in [1.807, 2.05) is 13.8 Å². The van der Waals surface area contributed by atoms with Gasteiger partial charge in [0.1, 0.15) is 23.4 Å². The molecule has 10 heteroatoms. The normalized spacial score (nSPS) is 18.3. The molecule has 1 fully saturated rings. The molecule has 5 N–H and O–H groups in total. The first-order valence-electron chi connectivity index (χ1n) is 12.9. The zero-order chi connectivity index (χ0) is 27.9. The summed E-state index contributed by atoms with van der Waals surface area (Å²) in [5, 5.41) is 16.4. The Balaban J connectivity index is 2.52. The predicted molar refractivity (Wildman–Crippen MR) is 140 cm³/mol. The van der Waals surface area contributed by atoms with Crippen LogP contribution in [0, 0.1) is 12.8 Å². The van der Waals surface area contributed by atoms with E-state index < -0.39 is 41.5 Å². The molecule has 1 aliphatic carbocycles. The summed E-state index contributed by atoms with van der Waals surface area (Å²) >= 11 is 0. The third-order valence-corrected chi connectivity index (χ3v) is 6.27. The van der Waals surface area contributed by atoms with Crippen LogP contribution in [0.15, 0.2) is 18.2 Å². The zero-order valence-electron chi connectivity index (χ0n) is 22.8. The number of hydrogen-bond acceptors (Lipinski definition) is 6. The van der Waals surface area contributed by atoms with E-state index >= 15 is 0 Å². The van der Waals surface area contributed by atoms with Gasteiger partial charge < -0.3 is 31.1 Å². The number of aromatic hydroxyl groups is 1. The van der Waals surface area contributed by atoms with Crippen LogP contribution in [-0.2, 0) is 19.1 Å². The van der Waals surface area contributed by atoms with Crippen molar-refractivity contribution >= 4 is 23.8 Å². The van der Waals surface area contributed by atoms with Gasteiger partial charge in [-0.15, -0.1) is 0 Å². The highest BCUT2D eigenvalue weighted by Gasteiger charge is 2.48. The number of unbranched alkanes of at least 4 members (excludes halogenated alkanes) is 1. The third kappa shape index (κ3) is 8.65. The fourth-order valence-corrected chi connectivity index (χ4v) is 4.15. The Hall–Kier alpha value is -3.30. The van der Waals surface area contributed by atoms with Crippen molar-refractivity contribution in [2.75, 3.05) is 6.54 Å². The van der Waals surface area contributed by atoms with Crippen molar-refractivity contribution in [3.8, 4) is 5.75 Å². The minimum Gasteiger partial charge on any atom is -0.507 e. The molecule has 0 bridgehead atoms. The number of hydrogen-bond donors (Lipinski definition) is 4. The first-order valence-corrected chi connectivity index (χ1v) is 12.9. The third-order valence-electron chi connectivity index (χ3n) is 6.27. The average molecular weight is 519 g/mol. The van der Waals surface area contributed by atoms with Crippen LogP contribution in [0.3, 0.4) is 0 Å². The Bertz CT molecular complexity index is 990. The van der Waals surface area contributed by atoms with Crippen LogP contribution in [0.25, 0.3) is 0 Å². The second-order valence-electron chi connectivity index (χ2n) is 10.8. The second kappa shape index (κ2) is 12.8. The quantitative estimate of drug-likeness (QED) is 0.312. The van der Waals surface area contributed by atoms with Crippen molar-refractivity contribution in [2.45, 2.75) is 97.4 Å². The van der Waals surface area contributed by atoms with Gasteiger partial charge in [0.25, 0.3) is 0 Å². The van der Waals surface area contributed by atoms with Gasteiger partial charge in [-0.3, -0.25) is 14.4 Å². The molecule has 0 aromatic heterocycles. The van der Waals surface area contributed by atoms with Gasteiger partial charge in [0.05, 0.1) is 0 Å². The molecule has 0 heterocycles. The monoisotopic (exact) mass is 518 g/mol. The van der Waals surface area contributed by atoms with Crippen molar-refractivity contribution in [1.82, 2.24) is 15.5 Å². The van der Waals surface area contributed by atoms with E-state index in [0.717, 1.165) is 12.8 Å². The summed E-state index contributed by atoms with van der Waals surface area (Å²) in [5.74, 6) is -1.55. The Morgan fingerprint density at radius 1 is 1.24 bits per heavy atom. The number of nitrogens with one attached hydrogen (secondary N) is 2. The van der Waals surface area contributed by atoms with Crippen molar-refractivity contribution < 1.29 is 29.0 Å². The van der Waals surface area contributed by atoms with Gasteiger partial charge in [0, 0.05) is 24.6 Å². The molecule has 1 aliphatic rings. The highest BCUT2D eigenvalue weighted by atomic mass is 16.6. The van der Waals surface area contributed by atoms with Gasteiger partial charge in [-0.05, 0) is 58.4 Å². The SMILES string of the molecule is CCCCNC(=O)C(c1cccc(C)c1O)N(C(=O)C(CCC(N)=O)NC(=O)OC(C)(C)C)C1CC1C. The summed E-state index contributed by atoms with van der Waals surface area (Å²) in [4.78, 5) is 53.2. The lowest BCUT2D eigenvalue weighted by atomic mass is 9.98. The Labute approximate surface area is 219 Å². The maximum absolute atomic E-state index is 14.1. The van der Waals surface area contributed by atoms with Crippen molar-refractivity contribution in [2.24, 2.45) is 11.7 Å². The topological polar surface area (TPSA) is 151 Å². The molecule has 0 saturated heterocycles. The number of carbonyl (C=O) groups excluding carboxylic acids is 4. The van der Waals surface area contributed by atoms with Crippen molar-refractivity contribution in [3.05, 3.63) is 29.3 Å². The molecule has 37 heavy (non-hydrogen) atoms. The highest BCUT2D eigenvalue weighted by Crippen LogP contribution is 2.43. The number of carbonyl (C=O) groups is 4. The molecule has 1 saturated carbocycles. The molecule has 0 aliphatic heterocycles. The molecule has 2 rings (SSSR count). The van der Waals surface area contributed by atoms with Gasteiger partial charge in [-0.1, -0.05) is 38.5 Å². The van der Waals surface area contributed by atoms with Gasteiger partial charge in [0.15, 0.2) is 0 Å². The highest BCUT2D eigenvalue weighted by molar-refractivity contribution is 5.93. The Morgan fingerprint density at radius 3 is 2.43 bits per heavy atom. The smallest absolute Gasteiger partial charge is 0.408 e. The largest absolute Gasteiger partial charge is 0.507 e. The van der Waals surface area contributed by atoms with Crippen LogP contribution >= 0.6 is 0 Å². The number of para-hydroxylation sites is 1. The molecule has 206 valence electrons. The predicted octanol–water partition coefficient (Wildman–Crippen LogP) is 3.05. The molecule has 4 unspecified atom stereocenters. The maximum atomic E-state index is 14.1. The zero-order valence-corrected chi connectivity index (χ0v) is 22.8. The molecular weight excluding hydrogens is 476 g/mol. The summed E-state index contributed by atoms with van der Waals surface area (Å²) in [7, 11) is 0. The molecular formula is C27H42N4O6. The number of phenols is 1.